The summed E-state index contributed by atoms with van der Waals surface area (Å²) >= 11 is 0. The van der Waals surface area contributed by atoms with E-state index in [4.69, 9.17) is 14.2 Å². The first-order valence-electron chi connectivity index (χ1n) is 10.2. The SMILES string of the molecule is CCOc1cc(/C=N\n2cnnc2)ccc1OCCOc1ccc([C@H](C)CC)cc1. The number of hydrogen-bond donors (Lipinski definition) is 0. The van der Waals surface area contributed by atoms with E-state index in [0.717, 1.165) is 17.7 Å². The van der Waals surface area contributed by atoms with Crippen LogP contribution in [0.15, 0.2) is 60.2 Å². The summed E-state index contributed by atoms with van der Waals surface area (Å²) in [5, 5.41) is 11.7. The van der Waals surface area contributed by atoms with Crippen LogP contribution in [0.4, 0.5) is 0 Å². The topological polar surface area (TPSA) is 70.8 Å². The van der Waals surface area contributed by atoms with Gasteiger partial charge in [-0.25, -0.2) is 4.68 Å². The maximum absolute atomic E-state index is 5.88. The van der Waals surface area contributed by atoms with Gasteiger partial charge in [-0.2, -0.15) is 5.10 Å². The summed E-state index contributed by atoms with van der Waals surface area (Å²) in [6, 6.07) is 13.9. The molecule has 1 aromatic heterocycles. The fraction of sp³-hybridized carbons (Fsp3) is 0.348. The summed E-state index contributed by atoms with van der Waals surface area (Å²) in [7, 11) is 0. The molecule has 0 amide bonds. The van der Waals surface area contributed by atoms with Gasteiger partial charge in [0.2, 0.25) is 0 Å². The minimum Gasteiger partial charge on any atom is -0.490 e. The van der Waals surface area contributed by atoms with Crippen LogP contribution in [0.25, 0.3) is 0 Å². The molecule has 0 spiro atoms. The minimum atomic E-state index is 0.418. The van der Waals surface area contributed by atoms with E-state index in [-0.39, 0.29) is 0 Å². The van der Waals surface area contributed by atoms with Gasteiger partial charge in [-0.3, -0.25) is 0 Å². The maximum atomic E-state index is 5.88. The van der Waals surface area contributed by atoms with Crippen molar-refractivity contribution in [3.63, 3.8) is 0 Å². The van der Waals surface area contributed by atoms with Gasteiger partial charge in [0.15, 0.2) is 11.5 Å². The maximum Gasteiger partial charge on any atom is 0.161 e. The predicted molar refractivity (Wildman–Crippen MR) is 117 cm³/mol. The van der Waals surface area contributed by atoms with Crippen molar-refractivity contribution >= 4 is 6.21 Å². The first kappa shape index (κ1) is 21.4. The van der Waals surface area contributed by atoms with Gasteiger partial charge in [-0.1, -0.05) is 26.0 Å². The van der Waals surface area contributed by atoms with Gasteiger partial charge in [0.25, 0.3) is 0 Å². The number of nitrogens with zero attached hydrogens (tertiary/aromatic N) is 4. The highest BCUT2D eigenvalue weighted by Crippen LogP contribution is 2.28. The molecule has 7 heteroatoms. The van der Waals surface area contributed by atoms with Crippen LogP contribution < -0.4 is 14.2 Å². The number of hydrogen-bond acceptors (Lipinski definition) is 6. The van der Waals surface area contributed by atoms with Crippen LogP contribution in [-0.4, -0.2) is 40.9 Å². The second-order valence-corrected chi connectivity index (χ2v) is 6.80. The highest BCUT2D eigenvalue weighted by Gasteiger charge is 2.07. The van der Waals surface area contributed by atoms with E-state index >= 15 is 0 Å². The van der Waals surface area contributed by atoms with E-state index < -0.39 is 0 Å². The summed E-state index contributed by atoms with van der Waals surface area (Å²) in [6.45, 7) is 7.77. The normalized spacial score (nSPS) is 12.1. The number of ether oxygens (including phenoxy) is 3. The molecule has 0 aliphatic rings. The monoisotopic (exact) mass is 408 g/mol. The molecule has 0 aliphatic carbocycles. The van der Waals surface area contributed by atoms with Gasteiger partial charge in [0.05, 0.1) is 12.8 Å². The smallest absolute Gasteiger partial charge is 0.161 e. The van der Waals surface area contributed by atoms with E-state index in [9.17, 15) is 0 Å². The Bertz CT molecular complexity index is 924. The van der Waals surface area contributed by atoms with Gasteiger partial charge >= 0.3 is 0 Å². The largest absolute Gasteiger partial charge is 0.490 e. The summed E-state index contributed by atoms with van der Waals surface area (Å²) in [4.78, 5) is 0. The van der Waals surface area contributed by atoms with Crippen LogP contribution in [0.3, 0.4) is 0 Å². The zero-order chi connectivity index (χ0) is 21.2. The average Bonchev–Trinajstić information content (AvgIpc) is 3.30. The molecule has 0 fully saturated rings. The Morgan fingerprint density at radius 3 is 2.37 bits per heavy atom. The standard InChI is InChI=1S/C23H28N4O3/c1-4-18(3)20-7-9-21(10-8-20)29-12-13-30-22-11-6-19(14-23(22)28-5-2)15-26-27-16-24-25-17-27/h6-11,14-18H,4-5,12-13H2,1-3H3/b26-15-/t18-/m1/s1. The Morgan fingerprint density at radius 2 is 1.67 bits per heavy atom. The van der Waals surface area contributed by atoms with Gasteiger partial charge in [0, 0.05) is 0 Å². The van der Waals surface area contributed by atoms with E-state index in [0.29, 0.717) is 37.2 Å². The molecule has 0 saturated heterocycles. The highest BCUT2D eigenvalue weighted by atomic mass is 16.5. The van der Waals surface area contributed by atoms with Crippen LogP contribution in [0, 0.1) is 0 Å². The first-order valence-corrected chi connectivity index (χ1v) is 10.2. The Kier molecular flexibility index (Phi) is 7.83. The Labute approximate surface area is 177 Å². The van der Waals surface area contributed by atoms with Crippen LogP contribution in [0.1, 0.15) is 44.2 Å². The molecule has 3 rings (SSSR count). The van der Waals surface area contributed by atoms with Gasteiger partial charge in [-0.15, -0.1) is 10.2 Å². The van der Waals surface area contributed by atoms with Crippen molar-refractivity contribution < 1.29 is 14.2 Å². The summed E-state index contributed by atoms with van der Waals surface area (Å²) < 4.78 is 18.9. The molecule has 30 heavy (non-hydrogen) atoms. The lowest BCUT2D eigenvalue weighted by Gasteiger charge is -2.14. The Hall–Kier alpha value is -3.35. The molecule has 1 heterocycles. The number of aromatic nitrogens is 3. The zero-order valence-corrected chi connectivity index (χ0v) is 17.7. The van der Waals surface area contributed by atoms with Crippen molar-refractivity contribution in [1.29, 1.82) is 0 Å². The molecule has 158 valence electrons. The quantitative estimate of drug-likeness (QED) is 0.344. The molecule has 0 aliphatic heterocycles. The molecule has 3 aromatic rings. The average molecular weight is 409 g/mol. The van der Waals surface area contributed by atoms with E-state index in [1.807, 2.05) is 37.3 Å². The Morgan fingerprint density at radius 1 is 0.933 bits per heavy atom. The van der Waals surface area contributed by atoms with Crippen molar-refractivity contribution in [3.05, 3.63) is 66.2 Å². The third kappa shape index (κ3) is 6.07. The molecule has 0 unspecified atom stereocenters. The van der Waals surface area contributed by atoms with Gasteiger partial charge in [-0.05, 0) is 60.7 Å². The lowest BCUT2D eigenvalue weighted by Crippen LogP contribution is -2.10. The van der Waals surface area contributed by atoms with Crippen LogP contribution in [0.2, 0.25) is 0 Å². The third-order valence-corrected chi connectivity index (χ3v) is 4.69. The van der Waals surface area contributed by atoms with Crippen molar-refractivity contribution in [2.45, 2.75) is 33.1 Å². The minimum absolute atomic E-state index is 0.418. The number of rotatable bonds is 11. The molecule has 0 saturated carbocycles. The summed E-state index contributed by atoms with van der Waals surface area (Å²) in [5.74, 6) is 2.75. The molecule has 0 radical (unpaired) electrons. The fourth-order valence-corrected chi connectivity index (χ4v) is 2.82. The lowest BCUT2D eigenvalue weighted by molar-refractivity contribution is 0.208. The van der Waals surface area contributed by atoms with E-state index in [2.05, 4.69) is 41.3 Å². The fourth-order valence-electron chi connectivity index (χ4n) is 2.82. The van der Waals surface area contributed by atoms with Gasteiger partial charge in [0.1, 0.15) is 31.6 Å². The second-order valence-electron chi connectivity index (χ2n) is 6.80. The molecule has 1 atom stereocenters. The molecular formula is C23H28N4O3. The first-order chi connectivity index (χ1) is 14.7. The zero-order valence-electron chi connectivity index (χ0n) is 17.7. The molecule has 7 nitrogen and oxygen atoms in total. The van der Waals surface area contributed by atoms with Crippen LogP contribution >= 0.6 is 0 Å². The van der Waals surface area contributed by atoms with Crippen molar-refractivity contribution in [2.75, 3.05) is 19.8 Å². The summed E-state index contributed by atoms with van der Waals surface area (Å²) in [6.07, 6.45) is 5.88. The van der Waals surface area contributed by atoms with Crippen molar-refractivity contribution in [3.8, 4) is 17.2 Å². The van der Waals surface area contributed by atoms with E-state index in [1.165, 1.54) is 22.9 Å². The molecular weight excluding hydrogens is 380 g/mol. The van der Waals surface area contributed by atoms with E-state index in [1.54, 1.807) is 6.21 Å². The third-order valence-electron chi connectivity index (χ3n) is 4.69. The van der Waals surface area contributed by atoms with Crippen molar-refractivity contribution in [2.24, 2.45) is 5.10 Å². The molecule has 2 aromatic carbocycles. The second kappa shape index (κ2) is 11.0. The van der Waals surface area contributed by atoms with Gasteiger partial charge < -0.3 is 14.2 Å². The van der Waals surface area contributed by atoms with Crippen molar-refractivity contribution in [1.82, 2.24) is 14.9 Å². The molecule has 0 bridgehead atoms. The summed E-state index contributed by atoms with van der Waals surface area (Å²) in [5.41, 5.74) is 2.22. The molecule has 0 N–H and O–H groups in total. The lowest BCUT2D eigenvalue weighted by atomic mass is 9.99. The van der Waals surface area contributed by atoms with Crippen LogP contribution in [0.5, 0.6) is 17.2 Å². The number of benzene rings is 2. The Balaban J connectivity index is 1.54. The highest BCUT2D eigenvalue weighted by molar-refractivity contribution is 5.80. The predicted octanol–water partition coefficient (Wildman–Crippen LogP) is 4.53. The van der Waals surface area contributed by atoms with Crippen LogP contribution in [-0.2, 0) is 0 Å².